The van der Waals surface area contributed by atoms with E-state index in [0.717, 1.165) is 30.5 Å². The molecule has 4 nitrogen and oxygen atoms in total. The largest absolute Gasteiger partial charge is 0.489 e. The van der Waals surface area contributed by atoms with Crippen molar-refractivity contribution in [3.63, 3.8) is 0 Å². The number of fused-ring (bicyclic) bond motifs is 3. The SMILES string of the molecule is CCC1=C2OC3CC(OC(C)=O)C(C=O)C3C2=CCC=C1. The molecule has 4 atom stereocenters. The molecule has 4 heteroatoms. The smallest absolute Gasteiger partial charge is 0.302 e. The van der Waals surface area contributed by atoms with Crippen LogP contribution in [0.4, 0.5) is 0 Å². The molecule has 0 bridgehead atoms. The summed E-state index contributed by atoms with van der Waals surface area (Å²) >= 11 is 0. The zero-order valence-corrected chi connectivity index (χ0v) is 12.4. The Morgan fingerprint density at radius 2 is 2.33 bits per heavy atom. The lowest BCUT2D eigenvalue weighted by molar-refractivity contribution is -0.148. The second kappa shape index (κ2) is 5.51. The topological polar surface area (TPSA) is 52.6 Å². The van der Waals surface area contributed by atoms with Crippen molar-refractivity contribution in [2.24, 2.45) is 11.8 Å². The van der Waals surface area contributed by atoms with E-state index in [1.807, 2.05) is 0 Å². The number of allylic oxidation sites excluding steroid dienone is 5. The van der Waals surface area contributed by atoms with Gasteiger partial charge in [-0.1, -0.05) is 25.2 Å². The average molecular weight is 288 g/mol. The van der Waals surface area contributed by atoms with Crippen molar-refractivity contribution < 1.29 is 19.1 Å². The van der Waals surface area contributed by atoms with Gasteiger partial charge in [-0.2, -0.15) is 0 Å². The Balaban J connectivity index is 1.94. The molecule has 0 amide bonds. The average Bonchev–Trinajstić information content (AvgIpc) is 2.86. The Morgan fingerprint density at radius 1 is 1.52 bits per heavy atom. The Labute approximate surface area is 124 Å². The lowest BCUT2D eigenvalue weighted by Gasteiger charge is -2.19. The number of rotatable bonds is 3. The number of hydrogen-bond donors (Lipinski definition) is 0. The van der Waals surface area contributed by atoms with Crippen LogP contribution in [0.2, 0.25) is 0 Å². The summed E-state index contributed by atoms with van der Waals surface area (Å²) in [5, 5.41) is 0. The molecule has 1 aliphatic heterocycles. The second-order valence-electron chi connectivity index (χ2n) is 5.78. The predicted molar refractivity (Wildman–Crippen MR) is 77.2 cm³/mol. The van der Waals surface area contributed by atoms with Crippen LogP contribution in [0, 0.1) is 11.8 Å². The van der Waals surface area contributed by atoms with Crippen molar-refractivity contribution in [1.29, 1.82) is 0 Å². The van der Waals surface area contributed by atoms with Gasteiger partial charge in [0.1, 0.15) is 24.3 Å². The van der Waals surface area contributed by atoms with Gasteiger partial charge in [0.15, 0.2) is 0 Å². The van der Waals surface area contributed by atoms with Crippen LogP contribution in [-0.4, -0.2) is 24.5 Å². The van der Waals surface area contributed by atoms with Crippen molar-refractivity contribution >= 4 is 12.3 Å². The molecule has 0 N–H and O–H groups in total. The first kappa shape index (κ1) is 14.1. The molecule has 2 fully saturated rings. The third kappa shape index (κ3) is 2.33. The summed E-state index contributed by atoms with van der Waals surface area (Å²) in [4.78, 5) is 22.8. The Morgan fingerprint density at radius 3 is 3.00 bits per heavy atom. The van der Waals surface area contributed by atoms with Gasteiger partial charge in [-0.3, -0.25) is 4.79 Å². The second-order valence-corrected chi connectivity index (χ2v) is 5.78. The maximum atomic E-state index is 11.5. The number of esters is 1. The highest BCUT2D eigenvalue weighted by Gasteiger charge is 2.53. The molecule has 112 valence electrons. The zero-order chi connectivity index (χ0) is 15.0. The van der Waals surface area contributed by atoms with E-state index in [4.69, 9.17) is 9.47 Å². The molecule has 0 aromatic heterocycles. The highest BCUT2D eigenvalue weighted by molar-refractivity contribution is 5.68. The van der Waals surface area contributed by atoms with E-state index in [1.54, 1.807) is 0 Å². The first-order chi connectivity index (χ1) is 10.2. The van der Waals surface area contributed by atoms with Gasteiger partial charge in [-0.25, -0.2) is 0 Å². The standard InChI is InChI=1S/C17H20O4/c1-3-11-6-4-5-7-12-16-13(9-18)14(20-10(2)19)8-15(16)21-17(11)12/h4,6-7,9,13-16H,3,5,8H2,1-2H3. The fourth-order valence-electron chi connectivity index (χ4n) is 3.67. The van der Waals surface area contributed by atoms with Crippen LogP contribution in [0.15, 0.2) is 35.1 Å². The molecule has 3 rings (SSSR count). The van der Waals surface area contributed by atoms with Crippen molar-refractivity contribution in [2.45, 2.75) is 45.3 Å². The van der Waals surface area contributed by atoms with Gasteiger partial charge in [0.2, 0.25) is 0 Å². The molecule has 0 spiro atoms. The number of carbonyl (C=O) groups is 2. The lowest BCUT2D eigenvalue weighted by atomic mass is 9.87. The van der Waals surface area contributed by atoms with Gasteiger partial charge >= 0.3 is 5.97 Å². The van der Waals surface area contributed by atoms with Crippen LogP contribution in [0.3, 0.4) is 0 Å². The maximum absolute atomic E-state index is 11.5. The molecule has 0 aromatic carbocycles. The zero-order valence-electron chi connectivity index (χ0n) is 12.4. The third-order valence-electron chi connectivity index (χ3n) is 4.54. The first-order valence-electron chi connectivity index (χ1n) is 7.55. The molecule has 0 aromatic rings. The van der Waals surface area contributed by atoms with E-state index in [0.29, 0.717) is 6.42 Å². The fraction of sp³-hybridized carbons (Fsp3) is 0.529. The van der Waals surface area contributed by atoms with Crippen LogP contribution >= 0.6 is 0 Å². The van der Waals surface area contributed by atoms with Gasteiger partial charge in [0.05, 0.1) is 5.92 Å². The van der Waals surface area contributed by atoms with E-state index < -0.39 is 0 Å². The summed E-state index contributed by atoms with van der Waals surface area (Å²) in [6.07, 6.45) is 9.22. The Bertz CT molecular complexity index is 555. The summed E-state index contributed by atoms with van der Waals surface area (Å²) < 4.78 is 11.4. The van der Waals surface area contributed by atoms with E-state index in [2.05, 4.69) is 25.2 Å². The van der Waals surface area contributed by atoms with E-state index in [-0.39, 0.29) is 30.0 Å². The Hall–Kier alpha value is -1.84. The van der Waals surface area contributed by atoms with Crippen molar-refractivity contribution in [1.82, 2.24) is 0 Å². The van der Waals surface area contributed by atoms with Crippen molar-refractivity contribution in [3.05, 3.63) is 35.1 Å². The van der Waals surface area contributed by atoms with Crippen molar-refractivity contribution in [3.8, 4) is 0 Å². The predicted octanol–water partition coefficient (Wildman–Crippen LogP) is 2.70. The maximum Gasteiger partial charge on any atom is 0.302 e. The minimum atomic E-state index is -0.362. The normalized spacial score (nSPS) is 33.7. The lowest BCUT2D eigenvalue weighted by Crippen LogP contribution is -2.26. The molecule has 21 heavy (non-hydrogen) atoms. The summed E-state index contributed by atoms with van der Waals surface area (Å²) in [6, 6.07) is 0. The number of aldehydes is 1. The van der Waals surface area contributed by atoms with E-state index in [9.17, 15) is 9.59 Å². The Kier molecular flexibility index (Phi) is 3.70. The molecule has 1 saturated carbocycles. The minimum Gasteiger partial charge on any atom is -0.489 e. The van der Waals surface area contributed by atoms with Crippen LogP contribution in [0.25, 0.3) is 0 Å². The molecule has 3 aliphatic rings. The third-order valence-corrected chi connectivity index (χ3v) is 4.54. The summed E-state index contributed by atoms with van der Waals surface area (Å²) in [6.45, 7) is 3.48. The van der Waals surface area contributed by atoms with Gasteiger partial charge in [0.25, 0.3) is 0 Å². The summed E-state index contributed by atoms with van der Waals surface area (Å²) in [5.41, 5.74) is 2.30. The van der Waals surface area contributed by atoms with Gasteiger partial charge in [-0.15, -0.1) is 0 Å². The van der Waals surface area contributed by atoms with Gasteiger partial charge in [-0.05, 0) is 24.0 Å². The molecule has 4 unspecified atom stereocenters. The molecule has 1 heterocycles. The highest BCUT2D eigenvalue weighted by atomic mass is 16.5. The summed E-state index contributed by atoms with van der Waals surface area (Å²) in [5.74, 6) is 0.310. The van der Waals surface area contributed by atoms with E-state index >= 15 is 0 Å². The van der Waals surface area contributed by atoms with Crippen molar-refractivity contribution in [2.75, 3.05) is 0 Å². The summed E-state index contributed by atoms with van der Waals surface area (Å²) in [7, 11) is 0. The van der Waals surface area contributed by atoms with Gasteiger partial charge < -0.3 is 14.3 Å². The number of hydrogen-bond acceptors (Lipinski definition) is 4. The molecule has 1 saturated heterocycles. The quantitative estimate of drug-likeness (QED) is 0.592. The van der Waals surface area contributed by atoms with Crippen LogP contribution in [-0.2, 0) is 19.1 Å². The number of carbonyl (C=O) groups excluding carboxylic acids is 2. The fourth-order valence-corrected chi connectivity index (χ4v) is 3.67. The molecule has 2 aliphatic carbocycles. The van der Waals surface area contributed by atoms with E-state index in [1.165, 1.54) is 12.5 Å². The van der Waals surface area contributed by atoms with Crippen LogP contribution in [0.5, 0.6) is 0 Å². The number of ether oxygens (including phenoxy) is 2. The van der Waals surface area contributed by atoms with Crippen LogP contribution in [0.1, 0.15) is 33.1 Å². The molecular weight excluding hydrogens is 268 g/mol. The monoisotopic (exact) mass is 288 g/mol. The molecule has 0 radical (unpaired) electrons. The first-order valence-corrected chi connectivity index (χ1v) is 7.55. The van der Waals surface area contributed by atoms with Crippen LogP contribution < -0.4 is 0 Å². The highest BCUT2D eigenvalue weighted by Crippen LogP contribution is 2.50. The van der Waals surface area contributed by atoms with Gasteiger partial charge in [0, 0.05) is 19.3 Å². The minimum absolute atomic E-state index is 0.0169. The molecular formula is C17H20O4.